The van der Waals surface area contributed by atoms with Crippen LogP contribution in [-0.2, 0) is 14.2 Å². The first kappa shape index (κ1) is 21.7. The highest BCUT2D eigenvalue weighted by molar-refractivity contribution is 6.08. The Bertz CT molecular complexity index is 997. The number of benzene rings is 2. The van der Waals surface area contributed by atoms with E-state index in [1.54, 1.807) is 0 Å². The molecule has 6 nitrogen and oxygen atoms in total. The Kier molecular flexibility index (Phi) is 5.92. The summed E-state index contributed by atoms with van der Waals surface area (Å²) in [6, 6.07) is 20.6. The van der Waals surface area contributed by atoms with E-state index in [-0.39, 0.29) is 18.1 Å². The van der Waals surface area contributed by atoms with Crippen LogP contribution in [0.1, 0.15) is 50.4 Å². The van der Waals surface area contributed by atoms with Crippen molar-refractivity contribution in [2.45, 2.75) is 45.3 Å². The maximum Gasteiger partial charge on any atom is 0.200 e. The lowest BCUT2D eigenvalue weighted by Gasteiger charge is -2.27. The van der Waals surface area contributed by atoms with E-state index >= 15 is 0 Å². The molecule has 0 saturated heterocycles. The number of hydrogen-bond acceptors (Lipinski definition) is 6. The van der Waals surface area contributed by atoms with Crippen LogP contribution < -0.4 is 0 Å². The molecule has 0 radical (unpaired) electrons. The van der Waals surface area contributed by atoms with Gasteiger partial charge in [0.1, 0.15) is 37.3 Å². The summed E-state index contributed by atoms with van der Waals surface area (Å²) in [6.07, 6.45) is 0.511. The lowest BCUT2D eigenvalue weighted by molar-refractivity contribution is 0.249. The van der Waals surface area contributed by atoms with E-state index in [0.717, 1.165) is 17.0 Å². The van der Waals surface area contributed by atoms with Crippen molar-refractivity contribution in [3.8, 4) is 0 Å². The third kappa shape index (κ3) is 4.39. The topological polar surface area (TPSA) is 64.8 Å². The summed E-state index contributed by atoms with van der Waals surface area (Å²) in [5.41, 5.74) is 1.60. The highest BCUT2D eigenvalue weighted by Crippen LogP contribution is 2.39. The molecule has 0 spiro atoms. The van der Waals surface area contributed by atoms with Crippen LogP contribution in [0.5, 0.6) is 0 Å². The van der Waals surface area contributed by atoms with Gasteiger partial charge in [0, 0.05) is 6.42 Å². The summed E-state index contributed by atoms with van der Waals surface area (Å²) < 4.78 is 18.4. The average Bonchev–Trinajstić information content (AvgIpc) is 3.61. The van der Waals surface area contributed by atoms with Crippen molar-refractivity contribution in [3.63, 3.8) is 0 Å². The van der Waals surface area contributed by atoms with Crippen molar-refractivity contribution < 1.29 is 14.2 Å². The predicted molar refractivity (Wildman–Crippen MR) is 130 cm³/mol. The highest BCUT2D eigenvalue weighted by atomic mass is 16.5. The van der Waals surface area contributed by atoms with Crippen LogP contribution in [0.25, 0.3) is 0 Å². The van der Waals surface area contributed by atoms with Gasteiger partial charge >= 0.3 is 0 Å². The van der Waals surface area contributed by atoms with Gasteiger partial charge in [-0.3, -0.25) is 0 Å². The van der Waals surface area contributed by atoms with E-state index in [4.69, 9.17) is 29.2 Å². The van der Waals surface area contributed by atoms with Crippen molar-refractivity contribution >= 4 is 17.7 Å². The van der Waals surface area contributed by atoms with Crippen LogP contribution in [-0.4, -0.2) is 43.6 Å². The van der Waals surface area contributed by atoms with Crippen molar-refractivity contribution in [1.82, 2.24) is 0 Å². The predicted octanol–water partition coefficient (Wildman–Crippen LogP) is 5.18. The van der Waals surface area contributed by atoms with Crippen molar-refractivity contribution in [2.24, 2.45) is 26.3 Å². The second kappa shape index (κ2) is 9.00. The molecule has 3 atom stereocenters. The van der Waals surface area contributed by atoms with Crippen LogP contribution in [0.2, 0.25) is 0 Å². The second-order valence-corrected chi connectivity index (χ2v) is 9.50. The normalized spacial score (nSPS) is 24.6. The van der Waals surface area contributed by atoms with Crippen LogP contribution in [0.4, 0.5) is 0 Å². The molecular weight excluding hydrogens is 414 g/mol. The minimum Gasteiger partial charge on any atom is -0.479 e. The summed E-state index contributed by atoms with van der Waals surface area (Å²) in [7, 11) is 0. The quantitative estimate of drug-likeness (QED) is 0.590. The first-order valence-corrected chi connectivity index (χ1v) is 11.7. The van der Waals surface area contributed by atoms with Crippen LogP contribution in [0, 0.1) is 11.3 Å². The fourth-order valence-electron chi connectivity index (χ4n) is 4.47. The highest BCUT2D eigenvalue weighted by Gasteiger charge is 2.47. The smallest absolute Gasteiger partial charge is 0.200 e. The largest absolute Gasteiger partial charge is 0.479 e. The summed E-state index contributed by atoms with van der Waals surface area (Å²) >= 11 is 0. The molecule has 0 fully saturated rings. The molecule has 0 bridgehead atoms. The summed E-state index contributed by atoms with van der Waals surface area (Å²) in [5, 5.41) is 0. The standard InChI is InChI=1S/C27H31N3O3/c1-18(2)21-15-31-24(28-21)14-27(3,25-29-22(16-32-25)19-10-6-4-7-11-19)26-30-23(17-33-26)20-12-8-5-9-13-20/h4-13,18,21-23H,14-17H2,1-3H3/t21-,22-,23-/m1/s1. The number of aliphatic imine (C=N–C) groups is 3. The Labute approximate surface area is 195 Å². The zero-order valence-corrected chi connectivity index (χ0v) is 19.5. The lowest BCUT2D eigenvalue weighted by Crippen LogP contribution is -2.39. The van der Waals surface area contributed by atoms with Gasteiger partial charge in [-0.1, -0.05) is 74.5 Å². The fourth-order valence-corrected chi connectivity index (χ4v) is 4.47. The first-order valence-electron chi connectivity index (χ1n) is 11.7. The molecule has 0 unspecified atom stereocenters. The van der Waals surface area contributed by atoms with Crippen molar-refractivity contribution in [2.75, 3.05) is 19.8 Å². The Hall–Kier alpha value is -3.15. The van der Waals surface area contributed by atoms with E-state index < -0.39 is 5.41 Å². The number of nitrogens with zero attached hydrogens (tertiary/aromatic N) is 3. The van der Waals surface area contributed by atoms with Gasteiger partial charge in [-0.2, -0.15) is 0 Å². The summed E-state index contributed by atoms with van der Waals surface area (Å²) in [6.45, 7) is 8.05. The van der Waals surface area contributed by atoms with Crippen molar-refractivity contribution in [3.05, 3.63) is 71.8 Å². The number of hydrogen-bond donors (Lipinski definition) is 0. The molecule has 5 rings (SSSR count). The minimum atomic E-state index is -0.683. The molecule has 0 aliphatic carbocycles. The SMILES string of the molecule is CC(C)[C@H]1COC(CC(C)(C2=N[C@@H](c3ccccc3)CO2)C2=N[C@@H](c3ccccc3)CO2)=N1. The molecular formula is C27H31N3O3. The van der Waals surface area contributed by atoms with Gasteiger partial charge in [-0.25, -0.2) is 15.0 Å². The van der Waals surface area contributed by atoms with Crippen LogP contribution in [0.15, 0.2) is 75.6 Å². The maximum absolute atomic E-state index is 6.20. The lowest BCUT2D eigenvalue weighted by atomic mass is 9.85. The molecule has 3 aliphatic heterocycles. The monoisotopic (exact) mass is 445 g/mol. The van der Waals surface area contributed by atoms with Gasteiger partial charge in [0.05, 0.1) is 6.04 Å². The van der Waals surface area contributed by atoms with E-state index in [2.05, 4.69) is 45.0 Å². The van der Waals surface area contributed by atoms with Crippen molar-refractivity contribution in [1.29, 1.82) is 0 Å². The molecule has 0 saturated carbocycles. The molecule has 2 aromatic rings. The molecule has 6 heteroatoms. The second-order valence-electron chi connectivity index (χ2n) is 9.50. The van der Waals surface area contributed by atoms with Crippen LogP contribution >= 0.6 is 0 Å². The zero-order valence-electron chi connectivity index (χ0n) is 19.5. The molecule has 2 aromatic carbocycles. The molecule has 33 heavy (non-hydrogen) atoms. The van der Waals surface area contributed by atoms with Gasteiger partial charge < -0.3 is 14.2 Å². The molecule has 0 N–H and O–H groups in total. The minimum absolute atomic E-state index is 0.0395. The fraction of sp³-hybridized carbons (Fsp3) is 0.444. The van der Waals surface area contributed by atoms with Gasteiger partial charge in [-0.15, -0.1) is 0 Å². The molecule has 0 aromatic heterocycles. The summed E-state index contributed by atoms with van der Waals surface area (Å²) in [5.74, 6) is 2.44. The Balaban J connectivity index is 1.47. The first-order chi connectivity index (χ1) is 16.0. The Morgan fingerprint density at radius 2 is 1.27 bits per heavy atom. The Morgan fingerprint density at radius 1 is 0.758 bits per heavy atom. The van der Waals surface area contributed by atoms with E-state index in [0.29, 0.717) is 44.0 Å². The molecule has 0 amide bonds. The van der Waals surface area contributed by atoms with Crippen LogP contribution in [0.3, 0.4) is 0 Å². The molecule has 172 valence electrons. The molecule has 3 aliphatic rings. The number of rotatable bonds is 7. The van der Waals surface area contributed by atoms with Gasteiger partial charge in [0.25, 0.3) is 0 Å². The van der Waals surface area contributed by atoms with Gasteiger partial charge in [0.15, 0.2) is 17.7 Å². The maximum atomic E-state index is 6.20. The molecule has 3 heterocycles. The third-order valence-electron chi connectivity index (χ3n) is 6.62. The summed E-state index contributed by atoms with van der Waals surface area (Å²) in [4.78, 5) is 14.8. The van der Waals surface area contributed by atoms with E-state index in [1.807, 2.05) is 36.4 Å². The zero-order chi connectivity index (χ0) is 22.8. The average molecular weight is 446 g/mol. The van der Waals surface area contributed by atoms with Gasteiger partial charge in [0.2, 0.25) is 0 Å². The van der Waals surface area contributed by atoms with E-state index in [1.165, 1.54) is 0 Å². The Morgan fingerprint density at radius 3 is 1.73 bits per heavy atom. The van der Waals surface area contributed by atoms with E-state index in [9.17, 15) is 0 Å². The third-order valence-corrected chi connectivity index (χ3v) is 6.62. The number of ether oxygens (including phenoxy) is 3. The van der Waals surface area contributed by atoms with Gasteiger partial charge in [-0.05, 0) is 24.0 Å².